The minimum atomic E-state index is -4.40. The molecule has 0 aromatic heterocycles. The highest BCUT2D eigenvalue weighted by atomic mass is 31.2. The summed E-state index contributed by atoms with van der Waals surface area (Å²) in [5, 5.41) is 0. The number of allylic oxidation sites excluding steroid dienone is 24. The van der Waals surface area contributed by atoms with Gasteiger partial charge in [0.05, 0.1) is 27.7 Å². The van der Waals surface area contributed by atoms with Gasteiger partial charge in [-0.15, -0.1) is 0 Å². The number of rotatable bonds is 74. The molecule has 0 aromatic rings. The van der Waals surface area contributed by atoms with Gasteiger partial charge in [0.2, 0.25) is 0 Å². The molecule has 0 aliphatic carbocycles. The Labute approximate surface area is 605 Å². The van der Waals surface area contributed by atoms with Gasteiger partial charge in [0.1, 0.15) is 19.8 Å². The SMILES string of the molecule is CC/C=C\C/C=C\C/C=C\C/C=C\C/C=C\C/C=C\C/C=C\C/C=C\CCCCCCCCCCCCCCCCC(=O)OC(COC(=O)CCCCCCCCCCCCCCCCCCCCCCCC/C=C\C/C=C\C/C=C\C/C=C\CC)COP(=O)(O)OCC[N+](C)(C)C. The molecule has 0 spiro atoms. The Morgan fingerprint density at radius 1 is 0.316 bits per heavy atom. The first kappa shape index (κ1) is 93.9. The summed E-state index contributed by atoms with van der Waals surface area (Å²) < 4.78 is 34.8. The lowest BCUT2D eigenvalue weighted by Crippen LogP contribution is -2.37. The number of esters is 2. The summed E-state index contributed by atoms with van der Waals surface area (Å²) in [5.74, 6) is -0.789. The maximum Gasteiger partial charge on any atom is 0.472 e. The molecule has 2 atom stereocenters. The zero-order valence-electron chi connectivity index (χ0n) is 64.2. The third-order valence-corrected chi connectivity index (χ3v) is 18.3. The first-order valence-electron chi connectivity index (χ1n) is 40.6. The highest BCUT2D eigenvalue weighted by Gasteiger charge is 2.27. The molecule has 0 saturated heterocycles. The van der Waals surface area contributed by atoms with Gasteiger partial charge in [-0.25, -0.2) is 4.57 Å². The molecule has 98 heavy (non-hydrogen) atoms. The average Bonchev–Trinajstić information content (AvgIpc) is 1.23. The molecule has 0 aliphatic rings. The Morgan fingerprint density at radius 3 is 0.816 bits per heavy atom. The molecule has 562 valence electrons. The summed E-state index contributed by atoms with van der Waals surface area (Å²) >= 11 is 0. The molecule has 0 aliphatic heterocycles. The number of phosphoric ester groups is 1. The standard InChI is InChI=1S/C88H152NO8P/c1-6-8-10-12-14-16-18-20-22-24-26-28-30-32-34-36-38-40-42-43-44-45-47-49-51-53-55-57-59-61-63-65-67-69-71-73-75-77-79-81-88(91)97-86(85-96-98(92,93)95-83-82-89(3,4)5)84-94-87(90)80-78-76-74-72-70-68-66-64-62-60-58-56-54-52-50-48-46-41-39-37-35-33-31-29-27-25-23-21-19-17-15-13-11-9-7-2/h8-11,14-17,20-23,26-29,32,34,38,40,43-44,47,49,86H,6-7,12-13,18-19,24-25,30-31,33,35-37,39,41-42,45-46,48,50-85H2,1-5H3/p+1/b10-8-,11-9-,16-14-,17-15-,22-20-,23-21-,28-26-,29-27-,34-32-,40-38-,44-43-,49-47-. The van der Waals surface area contributed by atoms with E-state index in [-0.39, 0.29) is 32.0 Å². The van der Waals surface area contributed by atoms with Crippen LogP contribution in [0.5, 0.6) is 0 Å². The van der Waals surface area contributed by atoms with Gasteiger partial charge < -0.3 is 18.9 Å². The lowest BCUT2D eigenvalue weighted by molar-refractivity contribution is -0.870. The minimum Gasteiger partial charge on any atom is -0.462 e. The average molecular weight is 1380 g/mol. The Bertz CT molecular complexity index is 2170. The molecular formula is C88H153NO8P+. The maximum atomic E-state index is 12.9. The monoisotopic (exact) mass is 1380 g/mol. The summed E-state index contributed by atoms with van der Waals surface area (Å²) in [6.45, 7) is 4.24. The predicted molar refractivity (Wildman–Crippen MR) is 427 cm³/mol. The van der Waals surface area contributed by atoms with Crippen LogP contribution in [0.15, 0.2) is 146 Å². The predicted octanol–water partition coefficient (Wildman–Crippen LogP) is 27.3. The van der Waals surface area contributed by atoms with Gasteiger partial charge in [-0.1, -0.05) is 365 Å². The van der Waals surface area contributed by atoms with E-state index in [0.717, 1.165) is 116 Å². The van der Waals surface area contributed by atoms with Crippen LogP contribution in [0.3, 0.4) is 0 Å². The number of hydrogen-bond donors (Lipinski definition) is 1. The van der Waals surface area contributed by atoms with E-state index in [1.54, 1.807) is 0 Å². The topological polar surface area (TPSA) is 108 Å². The minimum absolute atomic E-state index is 0.0283. The van der Waals surface area contributed by atoms with Gasteiger partial charge in [-0.2, -0.15) is 0 Å². The van der Waals surface area contributed by atoms with Crippen molar-refractivity contribution in [3.8, 4) is 0 Å². The Kier molecular flexibility index (Phi) is 73.8. The van der Waals surface area contributed by atoms with Crippen molar-refractivity contribution >= 4 is 19.8 Å². The highest BCUT2D eigenvalue weighted by molar-refractivity contribution is 7.47. The molecular weight excluding hydrogens is 1230 g/mol. The third-order valence-electron chi connectivity index (χ3n) is 17.4. The van der Waals surface area contributed by atoms with Crippen LogP contribution in [-0.2, 0) is 32.7 Å². The van der Waals surface area contributed by atoms with Crippen molar-refractivity contribution in [1.82, 2.24) is 0 Å². The number of carbonyl (C=O) groups excluding carboxylic acids is 2. The Hall–Kier alpha value is -4.11. The molecule has 10 heteroatoms. The van der Waals surface area contributed by atoms with Crippen LogP contribution in [-0.4, -0.2) is 74.9 Å². The molecule has 1 N–H and O–H groups in total. The van der Waals surface area contributed by atoms with Crippen molar-refractivity contribution in [3.05, 3.63) is 146 Å². The first-order valence-corrected chi connectivity index (χ1v) is 42.1. The van der Waals surface area contributed by atoms with Crippen molar-refractivity contribution in [2.45, 2.75) is 354 Å². The van der Waals surface area contributed by atoms with Crippen LogP contribution in [0.4, 0.5) is 0 Å². The molecule has 0 saturated carbocycles. The van der Waals surface area contributed by atoms with Crippen molar-refractivity contribution in [3.63, 3.8) is 0 Å². The van der Waals surface area contributed by atoms with Crippen molar-refractivity contribution in [2.24, 2.45) is 0 Å². The van der Waals surface area contributed by atoms with Crippen LogP contribution in [0, 0.1) is 0 Å². The van der Waals surface area contributed by atoms with E-state index in [9.17, 15) is 19.0 Å². The number of ether oxygens (including phenoxy) is 2. The number of hydrogen-bond acceptors (Lipinski definition) is 7. The molecule has 0 bridgehead atoms. The number of phosphoric acid groups is 1. The van der Waals surface area contributed by atoms with Gasteiger partial charge >= 0.3 is 19.8 Å². The van der Waals surface area contributed by atoms with Gasteiger partial charge in [0, 0.05) is 12.8 Å². The van der Waals surface area contributed by atoms with Crippen molar-refractivity contribution in [1.29, 1.82) is 0 Å². The smallest absolute Gasteiger partial charge is 0.462 e. The summed E-state index contributed by atoms with van der Waals surface area (Å²) in [5.41, 5.74) is 0. The summed E-state index contributed by atoms with van der Waals surface area (Å²) in [4.78, 5) is 36.0. The van der Waals surface area contributed by atoms with Gasteiger partial charge in [0.25, 0.3) is 0 Å². The lowest BCUT2D eigenvalue weighted by Gasteiger charge is -2.24. The lowest BCUT2D eigenvalue weighted by atomic mass is 10.0. The van der Waals surface area contributed by atoms with E-state index in [2.05, 4.69) is 160 Å². The van der Waals surface area contributed by atoms with E-state index in [0.29, 0.717) is 17.4 Å². The van der Waals surface area contributed by atoms with Gasteiger partial charge in [-0.3, -0.25) is 18.6 Å². The second-order valence-corrected chi connectivity index (χ2v) is 29.5. The van der Waals surface area contributed by atoms with E-state index in [4.69, 9.17) is 18.5 Å². The third kappa shape index (κ3) is 80.9. The quantitative estimate of drug-likeness (QED) is 0.0211. The van der Waals surface area contributed by atoms with Crippen LogP contribution < -0.4 is 0 Å². The van der Waals surface area contributed by atoms with E-state index in [1.807, 2.05) is 21.1 Å². The van der Waals surface area contributed by atoms with Crippen LogP contribution in [0.1, 0.15) is 348 Å². The fraction of sp³-hybridized carbons (Fsp3) is 0.705. The van der Waals surface area contributed by atoms with Crippen LogP contribution >= 0.6 is 7.82 Å². The second kappa shape index (κ2) is 77.1. The van der Waals surface area contributed by atoms with E-state index < -0.39 is 26.5 Å². The van der Waals surface area contributed by atoms with Gasteiger partial charge in [0.15, 0.2) is 6.10 Å². The Balaban J connectivity index is 3.97. The molecule has 0 heterocycles. The number of likely N-dealkylation sites (N-methyl/N-ethyl adjacent to an activating group) is 1. The fourth-order valence-electron chi connectivity index (χ4n) is 11.3. The van der Waals surface area contributed by atoms with E-state index in [1.165, 1.54) is 199 Å². The molecule has 0 rings (SSSR count). The zero-order chi connectivity index (χ0) is 71.1. The van der Waals surface area contributed by atoms with Crippen LogP contribution in [0.2, 0.25) is 0 Å². The molecule has 0 aromatic carbocycles. The molecule has 0 radical (unpaired) electrons. The van der Waals surface area contributed by atoms with Crippen LogP contribution in [0.25, 0.3) is 0 Å². The number of quaternary nitrogens is 1. The number of unbranched alkanes of at least 4 members (excludes halogenated alkanes) is 36. The zero-order valence-corrected chi connectivity index (χ0v) is 65.1. The van der Waals surface area contributed by atoms with Crippen molar-refractivity contribution in [2.75, 3.05) is 47.5 Å². The normalized spacial score (nSPS) is 13.8. The summed E-state index contributed by atoms with van der Waals surface area (Å²) in [6, 6.07) is 0. The first-order chi connectivity index (χ1) is 48.0. The fourth-order valence-corrected chi connectivity index (χ4v) is 12.0. The number of nitrogens with zero attached hydrogens (tertiary/aromatic N) is 1. The summed E-state index contributed by atoms with van der Waals surface area (Å²) in [6.07, 6.45) is 114. The van der Waals surface area contributed by atoms with Gasteiger partial charge in [-0.05, 0) is 116 Å². The molecule has 2 unspecified atom stereocenters. The Morgan fingerprint density at radius 2 is 0.551 bits per heavy atom. The second-order valence-electron chi connectivity index (χ2n) is 28.0. The maximum absolute atomic E-state index is 12.9. The highest BCUT2D eigenvalue weighted by Crippen LogP contribution is 2.43. The molecule has 0 amide bonds. The molecule has 9 nitrogen and oxygen atoms in total. The largest absolute Gasteiger partial charge is 0.472 e. The summed E-state index contributed by atoms with van der Waals surface area (Å²) in [7, 11) is 1.48. The number of carbonyl (C=O) groups is 2. The van der Waals surface area contributed by atoms with E-state index >= 15 is 0 Å². The van der Waals surface area contributed by atoms with Crippen molar-refractivity contribution < 1.29 is 42.1 Å². The molecule has 0 fully saturated rings.